The molecule has 1 N–H and O–H groups in total. The van der Waals surface area contributed by atoms with Crippen LogP contribution in [0.3, 0.4) is 0 Å². The van der Waals surface area contributed by atoms with Crippen molar-refractivity contribution in [1.82, 2.24) is 10.2 Å². The van der Waals surface area contributed by atoms with Crippen molar-refractivity contribution in [2.75, 3.05) is 26.7 Å². The molecular formula is C9H18N2. The van der Waals surface area contributed by atoms with Crippen LogP contribution in [0.2, 0.25) is 0 Å². The summed E-state index contributed by atoms with van der Waals surface area (Å²) in [7, 11) is 2.07. The van der Waals surface area contributed by atoms with Crippen LogP contribution >= 0.6 is 0 Å². The zero-order chi connectivity index (χ0) is 7.68. The van der Waals surface area contributed by atoms with E-state index in [1.807, 2.05) is 0 Å². The summed E-state index contributed by atoms with van der Waals surface area (Å²) in [5, 5.41) is 3.35. The third-order valence-electron chi connectivity index (χ3n) is 2.89. The van der Waals surface area contributed by atoms with Gasteiger partial charge in [-0.05, 0) is 38.8 Å². The van der Waals surface area contributed by atoms with Gasteiger partial charge in [0.05, 0.1) is 0 Å². The van der Waals surface area contributed by atoms with Crippen LogP contribution in [-0.4, -0.2) is 37.6 Å². The highest BCUT2D eigenvalue weighted by atomic mass is 15.2. The Kier molecular flexibility index (Phi) is 2.14. The maximum atomic E-state index is 3.35. The van der Waals surface area contributed by atoms with Crippen LogP contribution in [0.5, 0.6) is 0 Å². The molecule has 2 rings (SSSR count). The molecule has 1 saturated carbocycles. The van der Waals surface area contributed by atoms with E-state index in [-0.39, 0.29) is 0 Å². The van der Waals surface area contributed by atoms with Crippen molar-refractivity contribution in [3.63, 3.8) is 0 Å². The fraction of sp³-hybridized carbons (Fsp3) is 1.00. The summed E-state index contributed by atoms with van der Waals surface area (Å²) in [5.74, 6) is 1.06. The average molecular weight is 154 g/mol. The zero-order valence-electron chi connectivity index (χ0n) is 7.34. The first-order chi connectivity index (χ1) is 5.38. The first-order valence-corrected chi connectivity index (χ1v) is 4.78. The second kappa shape index (κ2) is 3.11. The Labute approximate surface area is 69.0 Å². The van der Waals surface area contributed by atoms with Gasteiger partial charge in [-0.2, -0.15) is 0 Å². The highest BCUT2D eigenvalue weighted by Gasteiger charge is 2.28. The second-order valence-electron chi connectivity index (χ2n) is 3.98. The smallest absolute Gasteiger partial charge is 0.0204 e. The molecule has 64 valence electrons. The topological polar surface area (TPSA) is 15.3 Å². The van der Waals surface area contributed by atoms with Crippen LogP contribution in [-0.2, 0) is 0 Å². The molecule has 1 aliphatic carbocycles. The fourth-order valence-electron chi connectivity index (χ4n) is 1.90. The van der Waals surface area contributed by atoms with E-state index >= 15 is 0 Å². The maximum absolute atomic E-state index is 3.35. The molecule has 0 bridgehead atoms. The molecule has 2 nitrogen and oxygen atoms in total. The molecular weight excluding hydrogens is 136 g/mol. The van der Waals surface area contributed by atoms with E-state index in [2.05, 4.69) is 17.3 Å². The predicted octanol–water partition coefficient (Wildman–Crippen LogP) is 0.690. The molecule has 0 amide bonds. The number of likely N-dealkylation sites (N-methyl/N-ethyl adjacent to an activating group) is 1. The molecule has 1 heterocycles. The van der Waals surface area contributed by atoms with Crippen molar-refractivity contribution in [3.8, 4) is 0 Å². The van der Waals surface area contributed by atoms with Crippen molar-refractivity contribution in [2.24, 2.45) is 5.92 Å². The van der Waals surface area contributed by atoms with Crippen LogP contribution in [0.15, 0.2) is 0 Å². The minimum atomic E-state index is 0.772. The van der Waals surface area contributed by atoms with E-state index in [1.54, 1.807) is 0 Å². The van der Waals surface area contributed by atoms with Crippen molar-refractivity contribution >= 4 is 0 Å². The number of nitrogens with zero attached hydrogens (tertiary/aromatic N) is 1. The van der Waals surface area contributed by atoms with E-state index in [4.69, 9.17) is 0 Å². The SMILES string of the molecule is CN[C@H]1CCN(CC2CC2)C1. The third-order valence-corrected chi connectivity index (χ3v) is 2.89. The van der Waals surface area contributed by atoms with E-state index in [1.165, 1.54) is 38.9 Å². The van der Waals surface area contributed by atoms with Crippen LogP contribution < -0.4 is 5.32 Å². The average Bonchev–Trinajstić information content (AvgIpc) is 2.68. The Morgan fingerprint density at radius 1 is 1.36 bits per heavy atom. The van der Waals surface area contributed by atoms with Gasteiger partial charge >= 0.3 is 0 Å². The van der Waals surface area contributed by atoms with Gasteiger partial charge in [0.25, 0.3) is 0 Å². The molecule has 2 aliphatic rings. The summed E-state index contributed by atoms with van der Waals surface area (Å²) in [5.41, 5.74) is 0. The van der Waals surface area contributed by atoms with Crippen LogP contribution in [0.25, 0.3) is 0 Å². The van der Waals surface area contributed by atoms with Gasteiger partial charge in [0, 0.05) is 19.1 Å². The molecule has 11 heavy (non-hydrogen) atoms. The van der Waals surface area contributed by atoms with Crippen molar-refractivity contribution in [2.45, 2.75) is 25.3 Å². The summed E-state index contributed by atoms with van der Waals surface area (Å²) in [6, 6.07) is 0.772. The Hall–Kier alpha value is -0.0800. The summed E-state index contributed by atoms with van der Waals surface area (Å²) in [6.07, 6.45) is 4.32. The molecule has 0 aromatic heterocycles. The monoisotopic (exact) mass is 154 g/mol. The molecule has 0 aromatic carbocycles. The van der Waals surface area contributed by atoms with Gasteiger partial charge in [0.15, 0.2) is 0 Å². The van der Waals surface area contributed by atoms with Gasteiger partial charge in [-0.3, -0.25) is 0 Å². The van der Waals surface area contributed by atoms with Gasteiger partial charge in [0.1, 0.15) is 0 Å². The fourth-order valence-corrected chi connectivity index (χ4v) is 1.90. The number of hydrogen-bond acceptors (Lipinski definition) is 2. The van der Waals surface area contributed by atoms with Crippen LogP contribution in [0.4, 0.5) is 0 Å². The molecule has 1 aliphatic heterocycles. The molecule has 2 heteroatoms. The molecule has 1 saturated heterocycles. The van der Waals surface area contributed by atoms with E-state index in [0.29, 0.717) is 0 Å². The van der Waals surface area contributed by atoms with E-state index < -0.39 is 0 Å². The van der Waals surface area contributed by atoms with Crippen LogP contribution in [0.1, 0.15) is 19.3 Å². The lowest BCUT2D eigenvalue weighted by Crippen LogP contribution is -2.30. The van der Waals surface area contributed by atoms with Gasteiger partial charge in [-0.25, -0.2) is 0 Å². The Morgan fingerprint density at radius 2 is 2.18 bits per heavy atom. The lowest BCUT2D eigenvalue weighted by molar-refractivity contribution is 0.316. The van der Waals surface area contributed by atoms with Crippen molar-refractivity contribution < 1.29 is 0 Å². The lowest BCUT2D eigenvalue weighted by Gasteiger charge is -2.14. The molecule has 0 radical (unpaired) electrons. The Balaban J connectivity index is 1.70. The number of likely N-dealkylation sites (tertiary alicyclic amines) is 1. The quantitative estimate of drug-likeness (QED) is 0.643. The molecule has 1 atom stereocenters. The Bertz CT molecular complexity index is 132. The normalized spacial score (nSPS) is 33.0. The standard InChI is InChI=1S/C9H18N2/c1-10-9-4-5-11(7-9)6-8-2-3-8/h8-10H,2-7H2,1H3/t9-/m0/s1. The molecule has 0 spiro atoms. The number of hydrogen-bond donors (Lipinski definition) is 1. The summed E-state index contributed by atoms with van der Waals surface area (Å²) < 4.78 is 0. The first-order valence-electron chi connectivity index (χ1n) is 4.78. The van der Waals surface area contributed by atoms with Crippen molar-refractivity contribution in [1.29, 1.82) is 0 Å². The third kappa shape index (κ3) is 1.94. The minimum absolute atomic E-state index is 0.772. The van der Waals surface area contributed by atoms with Gasteiger partial charge in [-0.1, -0.05) is 0 Å². The summed E-state index contributed by atoms with van der Waals surface area (Å²) in [4.78, 5) is 2.61. The number of rotatable bonds is 3. The summed E-state index contributed by atoms with van der Waals surface area (Å²) >= 11 is 0. The van der Waals surface area contributed by atoms with Crippen LogP contribution in [0, 0.1) is 5.92 Å². The van der Waals surface area contributed by atoms with E-state index in [9.17, 15) is 0 Å². The highest BCUT2D eigenvalue weighted by Crippen LogP contribution is 2.30. The molecule has 2 fully saturated rings. The predicted molar refractivity (Wildman–Crippen MR) is 46.6 cm³/mol. The summed E-state index contributed by atoms with van der Waals surface area (Å²) in [6.45, 7) is 3.98. The maximum Gasteiger partial charge on any atom is 0.0204 e. The molecule has 0 aromatic rings. The second-order valence-corrected chi connectivity index (χ2v) is 3.98. The lowest BCUT2D eigenvalue weighted by atomic mass is 10.3. The highest BCUT2D eigenvalue weighted by molar-refractivity contribution is 4.84. The minimum Gasteiger partial charge on any atom is -0.316 e. The van der Waals surface area contributed by atoms with Gasteiger partial charge in [-0.15, -0.1) is 0 Å². The van der Waals surface area contributed by atoms with E-state index in [0.717, 1.165) is 12.0 Å². The largest absolute Gasteiger partial charge is 0.316 e. The van der Waals surface area contributed by atoms with Crippen molar-refractivity contribution in [3.05, 3.63) is 0 Å². The molecule has 0 unspecified atom stereocenters. The first kappa shape index (κ1) is 7.56. The Morgan fingerprint density at radius 3 is 2.73 bits per heavy atom. The van der Waals surface area contributed by atoms with Gasteiger partial charge in [0.2, 0.25) is 0 Å². The zero-order valence-corrected chi connectivity index (χ0v) is 7.34. The number of nitrogens with one attached hydrogen (secondary N) is 1. The van der Waals surface area contributed by atoms with Gasteiger partial charge < -0.3 is 10.2 Å².